The van der Waals surface area contributed by atoms with Crippen molar-refractivity contribution in [3.05, 3.63) is 95.2 Å². The molecule has 4 rings (SSSR count). The normalized spacial score (nSPS) is 17.5. The zero-order valence-corrected chi connectivity index (χ0v) is 20.3. The van der Waals surface area contributed by atoms with Crippen LogP contribution in [0.15, 0.2) is 78.5 Å². The van der Waals surface area contributed by atoms with Gasteiger partial charge in [-0.3, -0.25) is 0 Å². The number of allylic oxidation sites excluding steroid dienone is 2. The minimum Gasteiger partial charge on any atom is -0.374 e. The van der Waals surface area contributed by atoms with Crippen molar-refractivity contribution in [2.24, 2.45) is 5.92 Å². The molecular weight excluding hydrogens is 433 g/mol. The zero-order valence-electron chi connectivity index (χ0n) is 20.3. The second kappa shape index (κ2) is 11.5. The van der Waals surface area contributed by atoms with Gasteiger partial charge in [-0.2, -0.15) is 13.2 Å². The maximum atomic E-state index is 13.5. The molecule has 1 atom stereocenters. The highest BCUT2D eigenvalue weighted by atomic mass is 19.4. The van der Waals surface area contributed by atoms with Gasteiger partial charge in [0.15, 0.2) is 0 Å². The van der Waals surface area contributed by atoms with E-state index in [-0.39, 0.29) is 5.56 Å². The van der Waals surface area contributed by atoms with Crippen LogP contribution in [0.1, 0.15) is 75.6 Å². The molecule has 2 aromatic rings. The van der Waals surface area contributed by atoms with Gasteiger partial charge in [0.05, 0.1) is 11.6 Å². The summed E-state index contributed by atoms with van der Waals surface area (Å²) < 4.78 is 40.6. The summed E-state index contributed by atoms with van der Waals surface area (Å²) in [4.78, 5) is 0. The molecule has 182 valence electrons. The molecule has 2 N–H and O–H groups in total. The minimum absolute atomic E-state index is 0.198. The van der Waals surface area contributed by atoms with E-state index in [0.29, 0.717) is 5.92 Å². The van der Waals surface area contributed by atoms with Gasteiger partial charge in [-0.15, -0.1) is 0 Å². The average molecular weight is 469 g/mol. The lowest BCUT2D eigenvalue weighted by atomic mass is 9.94. The molecule has 0 aromatic heterocycles. The summed E-state index contributed by atoms with van der Waals surface area (Å²) in [5.74, 6) is 0.634. The molecule has 0 radical (unpaired) electrons. The summed E-state index contributed by atoms with van der Waals surface area (Å²) in [5.41, 5.74) is 4.04. The van der Waals surface area contributed by atoms with Crippen molar-refractivity contribution in [2.75, 3.05) is 5.32 Å². The lowest BCUT2D eigenvalue weighted by molar-refractivity contribution is -0.138. The van der Waals surface area contributed by atoms with Crippen LogP contribution in [0.2, 0.25) is 0 Å². The Kier molecular flexibility index (Phi) is 8.65. The standard InChI is InChI=1S/C24H23F3N2.C5H12/c1-15(17-11-12-17)13-16(2)28-23-14-22(29-21-10-6-4-8-19(21)23)18-7-3-5-9-20(18)24(25,26)27;1-3-5-4-2/h3-10,13-14,17,22,28-29H,2,11-12H2,1H3;3-5H2,1-2H3/b15-13+;. The second-order valence-corrected chi connectivity index (χ2v) is 9.00. The summed E-state index contributed by atoms with van der Waals surface area (Å²) >= 11 is 0. The summed E-state index contributed by atoms with van der Waals surface area (Å²) in [5, 5.41) is 6.55. The van der Waals surface area contributed by atoms with Gasteiger partial charge in [0.2, 0.25) is 0 Å². The van der Waals surface area contributed by atoms with Crippen LogP contribution >= 0.6 is 0 Å². The highest BCUT2D eigenvalue weighted by molar-refractivity contribution is 5.80. The molecule has 0 bridgehead atoms. The molecule has 5 heteroatoms. The number of hydrogen-bond donors (Lipinski definition) is 2. The van der Waals surface area contributed by atoms with Gasteiger partial charge in [-0.05, 0) is 55.5 Å². The van der Waals surface area contributed by atoms with Crippen LogP contribution in [-0.4, -0.2) is 0 Å². The SMILES string of the molecule is C=C(/C=C(\C)C1CC1)NC1=CC(c2ccccc2C(F)(F)F)Nc2ccccc21.CCCCC. The molecule has 2 aliphatic rings. The molecule has 0 saturated heterocycles. The van der Waals surface area contributed by atoms with Crippen molar-refractivity contribution in [1.29, 1.82) is 0 Å². The van der Waals surface area contributed by atoms with Gasteiger partial charge < -0.3 is 10.6 Å². The molecule has 0 amide bonds. The largest absolute Gasteiger partial charge is 0.416 e. The Balaban J connectivity index is 0.000000588. The molecule has 0 spiro atoms. The van der Waals surface area contributed by atoms with Gasteiger partial charge in [-0.1, -0.05) is 81.7 Å². The summed E-state index contributed by atoms with van der Waals surface area (Å²) in [6.45, 7) is 10.6. The molecular formula is C29H35F3N2. The maximum absolute atomic E-state index is 13.5. The predicted octanol–water partition coefficient (Wildman–Crippen LogP) is 8.87. The van der Waals surface area contributed by atoms with E-state index in [0.717, 1.165) is 28.7 Å². The molecule has 34 heavy (non-hydrogen) atoms. The van der Waals surface area contributed by atoms with Crippen LogP contribution in [0.5, 0.6) is 0 Å². The molecule has 1 aliphatic carbocycles. The molecule has 1 aliphatic heterocycles. The van der Waals surface area contributed by atoms with Crippen molar-refractivity contribution in [2.45, 2.75) is 65.1 Å². The third kappa shape index (κ3) is 6.78. The number of fused-ring (bicyclic) bond motifs is 1. The Bertz CT molecular complexity index is 1040. The van der Waals surface area contributed by atoms with Crippen molar-refractivity contribution in [3.63, 3.8) is 0 Å². The highest BCUT2D eigenvalue weighted by Gasteiger charge is 2.35. The van der Waals surface area contributed by atoms with Crippen molar-refractivity contribution >= 4 is 11.4 Å². The predicted molar refractivity (Wildman–Crippen MR) is 136 cm³/mol. The Morgan fingerprint density at radius 3 is 2.32 bits per heavy atom. The number of hydrogen-bond acceptors (Lipinski definition) is 2. The van der Waals surface area contributed by atoms with Crippen LogP contribution in [0, 0.1) is 5.92 Å². The van der Waals surface area contributed by atoms with Gasteiger partial charge in [-0.25, -0.2) is 0 Å². The van der Waals surface area contributed by atoms with Gasteiger partial charge in [0.25, 0.3) is 0 Å². The Morgan fingerprint density at radius 2 is 1.71 bits per heavy atom. The van der Waals surface area contributed by atoms with Crippen LogP contribution in [0.25, 0.3) is 5.70 Å². The number of para-hydroxylation sites is 1. The number of unbranched alkanes of at least 4 members (excludes halogenated alkanes) is 2. The highest BCUT2D eigenvalue weighted by Crippen LogP contribution is 2.40. The van der Waals surface area contributed by atoms with Crippen molar-refractivity contribution in [1.82, 2.24) is 5.32 Å². The smallest absolute Gasteiger partial charge is 0.374 e. The number of nitrogens with one attached hydrogen (secondary N) is 2. The first-order valence-corrected chi connectivity index (χ1v) is 12.1. The number of benzene rings is 2. The number of halogens is 3. The third-order valence-corrected chi connectivity index (χ3v) is 6.09. The van der Waals surface area contributed by atoms with E-state index in [1.165, 1.54) is 49.8 Å². The lowest BCUT2D eigenvalue weighted by Gasteiger charge is -2.29. The van der Waals surface area contributed by atoms with Crippen LogP contribution < -0.4 is 10.6 Å². The van der Waals surface area contributed by atoms with Gasteiger partial charge in [0.1, 0.15) is 0 Å². The van der Waals surface area contributed by atoms with Crippen LogP contribution in [-0.2, 0) is 6.18 Å². The quantitative estimate of drug-likeness (QED) is 0.397. The number of anilines is 1. The van der Waals surface area contributed by atoms with E-state index in [1.54, 1.807) is 12.1 Å². The monoisotopic (exact) mass is 468 g/mol. The molecule has 1 unspecified atom stereocenters. The Hall–Kier alpha value is -2.95. The maximum Gasteiger partial charge on any atom is 0.416 e. The fourth-order valence-electron chi connectivity index (χ4n) is 4.11. The zero-order chi connectivity index (χ0) is 24.7. The van der Waals surface area contributed by atoms with Crippen LogP contribution in [0.3, 0.4) is 0 Å². The number of rotatable bonds is 7. The fraction of sp³-hybridized carbons (Fsp3) is 0.379. The Labute approximate surface area is 201 Å². The fourth-order valence-corrected chi connectivity index (χ4v) is 4.11. The third-order valence-electron chi connectivity index (χ3n) is 6.09. The van der Waals surface area contributed by atoms with E-state index in [9.17, 15) is 13.2 Å². The molecule has 2 nitrogen and oxygen atoms in total. The van der Waals surface area contributed by atoms with Crippen LogP contribution in [0.4, 0.5) is 18.9 Å². The van der Waals surface area contributed by atoms with Gasteiger partial charge in [0, 0.05) is 22.6 Å². The molecule has 1 heterocycles. The van der Waals surface area contributed by atoms with E-state index in [4.69, 9.17) is 0 Å². The van der Waals surface area contributed by atoms with E-state index < -0.39 is 17.8 Å². The van der Waals surface area contributed by atoms with E-state index >= 15 is 0 Å². The second-order valence-electron chi connectivity index (χ2n) is 9.00. The molecule has 2 aromatic carbocycles. The first-order chi connectivity index (χ1) is 16.2. The average Bonchev–Trinajstić information content (AvgIpc) is 3.65. The molecule has 1 saturated carbocycles. The minimum atomic E-state index is -4.41. The summed E-state index contributed by atoms with van der Waals surface area (Å²) in [6.07, 6.45) is 5.92. The summed E-state index contributed by atoms with van der Waals surface area (Å²) in [6, 6.07) is 12.7. The topological polar surface area (TPSA) is 24.1 Å². The first kappa shape index (κ1) is 25.7. The van der Waals surface area contributed by atoms with E-state index in [1.807, 2.05) is 30.3 Å². The van der Waals surface area contributed by atoms with Crippen molar-refractivity contribution < 1.29 is 13.2 Å². The lowest BCUT2D eigenvalue weighted by Crippen LogP contribution is -2.22. The molecule has 1 fully saturated rings. The first-order valence-electron chi connectivity index (χ1n) is 12.1. The van der Waals surface area contributed by atoms with Gasteiger partial charge >= 0.3 is 6.18 Å². The summed E-state index contributed by atoms with van der Waals surface area (Å²) in [7, 11) is 0. The number of alkyl halides is 3. The van der Waals surface area contributed by atoms with E-state index in [2.05, 4.69) is 38.0 Å². The Morgan fingerprint density at radius 1 is 1.06 bits per heavy atom. The van der Waals surface area contributed by atoms with Crippen molar-refractivity contribution in [3.8, 4) is 0 Å².